The van der Waals surface area contributed by atoms with Crippen molar-refractivity contribution >= 4 is 10.8 Å². The molecule has 0 radical (unpaired) electrons. The summed E-state index contributed by atoms with van der Waals surface area (Å²) in [6.07, 6.45) is -0.481. The molecule has 2 unspecified atom stereocenters. The second kappa shape index (κ2) is 6.92. The molecule has 0 saturated heterocycles. The van der Waals surface area contributed by atoms with Crippen LogP contribution < -0.4 is 10.1 Å². The van der Waals surface area contributed by atoms with Gasteiger partial charge in [-0.05, 0) is 19.2 Å². The van der Waals surface area contributed by atoms with E-state index in [4.69, 9.17) is 4.74 Å². The van der Waals surface area contributed by atoms with E-state index in [1.165, 1.54) is 0 Å². The maximum absolute atomic E-state index is 9.52. The Morgan fingerprint density at radius 3 is 2.43 bits per heavy atom. The normalized spacial score (nSPS) is 14.4. The smallest absolute Gasteiger partial charge is 0.132 e. The highest BCUT2D eigenvalue weighted by atomic mass is 16.5. The third-order valence-corrected chi connectivity index (χ3v) is 3.43. The standard InChI is InChI=1S/C18H25NO2/c1-12(2)19-14(4)16-10-9-15-7-5-6-8-17(15)18(16)21-11-13(3)20/h5-10,12-14,19-20H,11H2,1-4H3. The average Bonchev–Trinajstić information content (AvgIpc) is 2.43. The number of nitrogens with one attached hydrogen (secondary N) is 1. The van der Waals surface area contributed by atoms with Crippen LogP contribution in [0.15, 0.2) is 36.4 Å². The predicted molar refractivity (Wildman–Crippen MR) is 87.8 cm³/mol. The van der Waals surface area contributed by atoms with E-state index in [-0.39, 0.29) is 6.04 Å². The lowest BCUT2D eigenvalue weighted by molar-refractivity contribution is 0.122. The molecule has 0 heterocycles. The highest BCUT2D eigenvalue weighted by Gasteiger charge is 2.16. The molecule has 2 atom stereocenters. The zero-order chi connectivity index (χ0) is 15.4. The Labute approximate surface area is 126 Å². The second-order valence-electron chi connectivity index (χ2n) is 5.91. The quantitative estimate of drug-likeness (QED) is 0.852. The number of hydrogen-bond acceptors (Lipinski definition) is 3. The molecule has 0 fully saturated rings. The van der Waals surface area contributed by atoms with Crippen molar-refractivity contribution < 1.29 is 9.84 Å². The van der Waals surface area contributed by atoms with Gasteiger partial charge < -0.3 is 15.2 Å². The molecule has 2 N–H and O–H groups in total. The zero-order valence-corrected chi connectivity index (χ0v) is 13.3. The minimum atomic E-state index is -0.481. The summed E-state index contributed by atoms with van der Waals surface area (Å²) < 4.78 is 5.92. The summed E-state index contributed by atoms with van der Waals surface area (Å²) in [5, 5.41) is 15.3. The van der Waals surface area contributed by atoms with Crippen LogP contribution in [-0.4, -0.2) is 23.9 Å². The van der Waals surface area contributed by atoms with Crippen molar-refractivity contribution in [2.24, 2.45) is 0 Å². The monoisotopic (exact) mass is 287 g/mol. The van der Waals surface area contributed by atoms with E-state index in [0.29, 0.717) is 12.6 Å². The summed E-state index contributed by atoms with van der Waals surface area (Å²) in [6.45, 7) is 8.44. The van der Waals surface area contributed by atoms with Gasteiger partial charge in [-0.25, -0.2) is 0 Å². The van der Waals surface area contributed by atoms with Gasteiger partial charge >= 0.3 is 0 Å². The first-order valence-corrected chi connectivity index (χ1v) is 7.57. The Hall–Kier alpha value is -1.58. The molecule has 3 heteroatoms. The van der Waals surface area contributed by atoms with Gasteiger partial charge in [-0.3, -0.25) is 0 Å². The molecule has 0 aliphatic carbocycles. The van der Waals surface area contributed by atoms with Gasteiger partial charge in [0.2, 0.25) is 0 Å². The van der Waals surface area contributed by atoms with Gasteiger partial charge in [0, 0.05) is 23.0 Å². The molecule has 3 nitrogen and oxygen atoms in total. The topological polar surface area (TPSA) is 41.5 Å². The molecule has 2 aromatic rings. The van der Waals surface area contributed by atoms with Crippen LogP contribution in [0.1, 0.15) is 39.3 Å². The fourth-order valence-electron chi connectivity index (χ4n) is 2.56. The minimum absolute atomic E-state index is 0.193. The highest BCUT2D eigenvalue weighted by molar-refractivity contribution is 5.89. The molecule has 114 valence electrons. The van der Waals surface area contributed by atoms with E-state index in [1.54, 1.807) is 6.92 Å². The van der Waals surface area contributed by atoms with Crippen LogP contribution >= 0.6 is 0 Å². The van der Waals surface area contributed by atoms with Crippen molar-refractivity contribution in [2.75, 3.05) is 6.61 Å². The molecule has 0 aliphatic rings. The van der Waals surface area contributed by atoms with Crippen LogP contribution in [0.3, 0.4) is 0 Å². The molecule has 0 aromatic heterocycles. The maximum atomic E-state index is 9.52. The number of aliphatic hydroxyl groups is 1. The Morgan fingerprint density at radius 1 is 1.05 bits per heavy atom. The number of aliphatic hydroxyl groups excluding tert-OH is 1. The molecule has 21 heavy (non-hydrogen) atoms. The van der Waals surface area contributed by atoms with Gasteiger partial charge in [0.25, 0.3) is 0 Å². The second-order valence-corrected chi connectivity index (χ2v) is 5.91. The molecular formula is C18H25NO2. The molecule has 0 saturated carbocycles. The highest BCUT2D eigenvalue weighted by Crippen LogP contribution is 2.34. The van der Waals surface area contributed by atoms with Gasteiger partial charge in [0.15, 0.2) is 0 Å². The average molecular weight is 287 g/mol. The number of ether oxygens (including phenoxy) is 1. The van der Waals surface area contributed by atoms with Gasteiger partial charge in [0.1, 0.15) is 12.4 Å². The van der Waals surface area contributed by atoms with Crippen LogP contribution in [0.2, 0.25) is 0 Å². The van der Waals surface area contributed by atoms with Gasteiger partial charge in [-0.1, -0.05) is 50.2 Å². The number of hydrogen-bond donors (Lipinski definition) is 2. The van der Waals surface area contributed by atoms with Crippen LogP contribution in [0.5, 0.6) is 5.75 Å². The number of benzene rings is 2. The minimum Gasteiger partial charge on any atom is -0.490 e. The molecule has 2 rings (SSSR count). The Bertz CT molecular complexity index is 593. The van der Waals surface area contributed by atoms with E-state index in [9.17, 15) is 5.11 Å². The van der Waals surface area contributed by atoms with Gasteiger partial charge in [0.05, 0.1) is 6.10 Å². The number of rotatable bonds is 6. The summed E-state index contributed by atoms with van der Waals surface area (Å²) in [6, 6.07) is 13.0. The Kier molecular flexibility index (Phi) is 5.21. The third kappa shape index (κ3) is 3.96. The summed E-state index contributed by atoms with van der Waals surface area (Å²) in [4.78, 5) is 0. The van der Waals surface area contributed by atoms with Crippen molar-refractivity contribution in [3.05, 3.63) is 42.0 Å². The molecular weight excluding hydrogens is 262 g/mol. The summed E-state index contributed by atoms with van der Waals surface area (Å²) >= 11 is 0. The Balaban J connectivity index is 2.45. The van der Waals surface area contributed by atoms with Gasteiger partial charge in [-0.2, -0.15) is 0 Å². The van der Waals surface area contributed by atoms with Crippen molar-refractivity contribution in [3.63, 3.8) is 0 Å². The predicted octanol–water partition coefficient (Wildman–Crippen LogP) is 3.66. The van der Waals surface area contributed by atoms with E-state index in [1.807, 2.05) is 12.1 Å². The van der Waals surface area contributed by atoms with Crippen molar-refractivity contribution in [1.82, 2.24) is 5.32 Å². The van der Waals surface area contributed by atoms with E-state index in [2.05, 4.69) is 50.4 Å². The molecule has 0 spiro atoms. The fourth-order valence-corrected chi connectivity index (χ4v) is 2.56. The lowest BCUT2D eigenvalue weighted by Gasteiger charge is -2.22. The lowest BCUT2D eigenvalue weighted by atomic mass is 10.0. The largest absolute Gasteiger partial charge is 0.490 e. The fraction of sp³-hybridized carbons (Fsp3) is 0.444. The maximum Gasteiger partial charge on any atom is 0.132 e. The zero-order valence-electron chi connectivity index (χ0n) is 13.3. The summed E-state index contributed by atoms with van der Waals surface area (Å²) in [5.41, 5.74) is 1.13. The first kappa shape index (κ1) is 15.8. The first-order chi connectivity index (χ1) is 9.99. The van der Waals surface area contributed by atoms with Crippen LogP contribution in [0.4, 0.5) is 0 Å². The molecule has 0 amide bonds. The first-order valence-electron chi connectivity index (χ1n) is 7.57. The van der Waals surface area contributed by atoms with Gasteiger partial charge in [-0.15, -0.1) is 0 Å². The molecule has 0 bridgehead atoms. The van der Waals surface area contributed by atoms with Crippen molar-refractivity contribution in [1.29, 1.82) is 0 Å². The van der Waals surface area contributed by atoms with E-state index < -0.39 is 6.10 Å². The van der Waals surface area contributed by atoms with E-state index in [0.717, 1.165) is 22.1 Å². The van der Waals surface area contributed by atoms with Crippen LogP contribution in [-0.2, 0) is 0 Å². The van der Waals surface area contributed by atoms with Crippen molar-refractivity contribution in [3.8, 4) is 5.75 Å². The van der Waals surface area contributed by atoms with E-state index >= 15 is 0 Å². The molecule has 2 aromatic carbocycles. The molecule has 0 aliphatic heterocycles. The number of fused-ring (bicyclic) bond motifs is 1. The third-order valence-electron chi connectivity index (χ3n) is 3.43. The van der Waals surface area contributed by atoms with Crippen LogP contribution in [0, 0.1) is 0 Å². The Morgan fingerprint density at radius 2 is 1.76 bits per heavy atom. The SMILES string of the molecule is CC(O)COc1c(C(C)NC(C)C)ccc2ccccc12. The van der Waals surface area contributed by atoms with Crippen LogP contribution in [0.25, 0.3) is 10.8 Å². The summed E-state index contributed by atoms with van der Waals surface area (Å²) in [5.74, 6) is 0.870. The lowest BCUT2D eigenvalue weighted by Crippen LogP contribution is -2.26. The van der Waals surface area contributed by atoms with Crippen molar-refractivity contribution in [2.45, 2.75) is 45.9 Å². The summed E-state index contributed by atoms with van der Waals surface area (Å²) in [7, 11) is 0.